The number of nitriles is 1. The summed E-state index contributed by atoms with van der Waals surface area (Å²) in [5, 5.41) is 11.7. The number of nitrogens with zero attached hydrogens (tertiary/aromatic N) is 2. The topological polar surface area (TPSA) is 74.7 Å². The van der Waals surface area contributed by atoms with Crippen LogP contribution in [0.3, 0.4) is 0 Å². The van der Waals surface area contributed by atoms with Gasteiger partial charge in [0.1, 0.15) is 5.69 Å². The average Bonchev–Trinajstić information content (AvgIpc) is 2.42. The Kier molecular flexibility index (Phi) is 3.91. The number of nitrogens with one attached hydrogen (secondary N) is 1. The Hall–Kier alpha value is -2.46. The molecule has 1 heterocycles. The van der Waals surface area contributed by atoms with Crippen molar-refractivity contribution in [2.45, 2.75) is 6.18 Å². The number of pyridine rings is 1. The van der Waals surface area contributed by atoms with E-state index < -0.39 is 11.9 Å². The van der Waals surface area contributed by atoms with Gasteiger partial charge in [0.2, 0.25) is 0 Å². The molecule has 0 fully saturated rings. The lowest BCUT2D eigenvalue weighted by molar-refractivity contribution is -0.141. The van der Waals surface area contributed by atoms with E-state index in [4.69, 9.17) is 22.6 Å². The molecule has 0 amide bonds. The van der Waals surface area contributed by atoms with Crippen molar-refractivity contribution in [3.63, 3.8) is 0 Å². The molecule has 0 spiro atoms. The molecule has 0 aliphatic heterocycles. The number of nitrogen functional groups attached to an aromatic ring is 1. The molecular formula is C13H8ClF3N4. The molecule has 21 heavy (non-hydrogen) atoms. The molecule has 0 saturated heterocycles. The summed E-state index contributed by atoms with van der Waals surface area (Å²) >= 11 is 5.93. The molecule has 0 aliphatic carbocycles. The van der Waals surface area contributed by atoms with Crippen LogP contribution in [0.1, 0.15) is 11.3 Å². The molecule has 0 radical (unpaired) electrons. The number of hydrogen-bond donors (Lipinski definition) is 2. The zero-order valence-electron chi connectivity index (χ0n) is 10.4. The lowest BCUT2D eigenvalue weighted by Crippen LogP contribution is -2.09. The first-order valence-electron chi connectivity index (χ1n) is 5.60. The van der Waals surface area contributed by atoms with Crippen LogP contribution in [-0.2, 0) is 6.18 Å². The highest BCUT2D eigenvalue weighted by molar-refractivity contribution is 6.33. The highest BCUT2D eigenvalue weighted by Gasteiger charge is 2.33. The molecule has 0 atom stereocenters. The lowest BCUT2D eigenvalue weighted by atomic mass is 10.2. The molecule has 3 N–H and O–H groups in total. The first-order chi connectivity index (χ1) is 9.81. The van der Waals surface area contributed by atoms with Gasteiger partial charge in [-0.2, -0.15) is 18.4 Å². The molecule has 0 saturated carbocycles. The van der Waals surface area contributed by atoms with Gasteiger partial charge in [0, 0.05) is 0 Å². The maximum atomic E-state index is 12.6. The van der Waals surface area contributed by atoms with Crippen LogP contribution in [0.2, 0.25) is 5.02 Å². The van der Waals surface area contributed by atoms with Crippen molar-refractivity contribution < 1.29 is 13.2 Å². The molecule has 4 nitrogen and oxygen atoms in total. The summed E-state index contributed by atoms with van der Waals surface area (Å²) in [6.07, 6.45) is -3.67. The Morgan fingerprint density at radius 2 is 1.95 bits per heavy atom. The molecule has 8 heteroatoms. The molecular weight excluding hydrogens is 305 g/mol. The highest BCUT2D eigenvalue weighted by atomic mass is 35.5. The van der Waals surface area contributed by atoms with Crippen molar-refractivity contribution >= 4 is 28.7 Å². The van der Waals surface area contributed by atoms with Gasteiger partial charge in [-0.25, -0.2) is 4.98 Å². The van der Waals surface area contributed by atoms with Crippen LogP contribution in [0.15, 0.2) is 30.5 Å². The third-order valence-corrected chi connectivity index (χ3v) is 2.92. The van der Waals surface area contributed by atoms with E-state index >= 15 is 0 Å². The van der Waals surface area contributed by atoms with Crippen molar-refractivity contribution in [1.82, 2.24) is 4.98 Å². The molecule has 108 valence electrons. The van der Waals surface area contributed by atoms with E-state index in [2.05, 4.69) is 10.3 Å². The molecule has 2 rings (SSSR count). The number of benzene rings is 1. The van der Waals surface area contributed by atoms with Gasteiger partial charge in [0.05, 0.1) is 39.9 Å². The number of rotatable bonds is 2. The second-order valence-electron chi connectivity index (χ2n) is 4.09. The van der Waals surface area contributed by atoms with Crippen molar-refractivity contribution in [2.75, 3.05) is 11.1 Å². The summed E-state index contributed by atoms with van der Waals surface area (Å²) in [5.41, 5.74) is 5.15. The SMILES string of the molecule is N#Cc1ccc(Cl)c(Nc2cc(C(F)(F)F)ncc2N)c1. The number of hydrogen-bond acceptors (Lipinski definition) is 4. The standard InChI is InChI=1S/C13H8ClF3N4/c14-8-2-1-7(5-18)3-10(8)21-11-4-12(13(15,16)17)20-6-9(11)19/h1-4,6H,19H2,(H,20,21). The van der Waals surface area contributed by atoms with Gasteiger partial charge >= 0.3 is 6.18 Å². The van der Waals surface area contributed by atoms with Crippen molar-refractivity contribution in [2.24, 2.45) is 0 Å². The van der Waals surface area contributed by atoms with Crippen LogP contribution in [0.5, 0.6) is 0 Å². The number of halogens is 4. The summed E-state index contributed by atoms with van der Waals surface area (Å²) in [5.74, 6) is 0. The summed E-state index contributed by atoms with van der Waals surface area (Å²) in [6, 6.07) is 7.06. The average molecular weight is 313 g/mol. The van der Waals surface area contributed by atoms with Crippen molar-refractivity contribution in [3.8, 4) is 6.07 Å². The number of alkyl halides is 3. The van der Waals surface area contributed by atoms with E-state index in [-0.39, 0.29) is 22.1 Å². The van der Waals surface area contributed by atoms with Crippen LogP contribution < -0.4 is 11.1 Å². The maximum absolute atomic E-state index is 12.6. The van der Waals surface area contributed by atoms with E-state index in [0.717, 1.165) is 12.3 Å². The molecule has 0 bridgehead atoms. The summed E-state index contributed by atoms with van der Waals surface area (Å²) < 4.78 is 37.9. The highest BCUT2D eigenvalue weighted by Crippen LogP contribution is 2.34. The van der Waals surface area contributed by atoms with Crippen LogP contribution in [0.25, 0.3) is 0 Å². The smallest absolute Gasteiger partial charge is 0.396 e. The fourth-order valence-corrected chi connectivity index (χ4v) is 1.73. The van der Waals surface area contributed by atoms with E-state index in [1.165, 1.54) is 18.2 Å². The van der Waals surface area contributed by atoms with Gasteiger partial charge in [-0.05, 0) is 24.3 Å². The summed E-state index contributed by atoms with van der Waals surface area (Å²) in [7, 11) is 0. The predicted molar refractivity (Wildman–Crippen MR) is 73.1 cm³/mol. The Balaban J connectivity index is 2.42. The van der Waals surface area contributed by atoms with Gasteiger partial charge in [-0.1, -0.05) is 11.6 Å². The number of aromatic nitrogens is 1. The first kappa shape index (κ1) is 14.9. The normalized spacial score (nSPS) is 11.0. The van der Waals surface area contributed by atoms with Crippen LogP contribution in [-0.4, -0.2) is 4.98 Å². The van der Waals surface area contributed by atoms with Crippen LogP contribution in [0, 0.1) is 11.3 Å². The van der Waals surface area contributed by atoms with Gasteiger partial charge in [0.15, 0.2) is 0 Å². The van der Waals surface area contributed by atoms with E-state index in [9.17, 15) is 13.2 Å². The number of nitrogens with two attached hydrogens (primary N) is 1. The second kappa shape index (κ2) is 5.50. The van der Waals surface area contributed by atoms with Crippen LogP contribution in [0.4, 0.5) is 30.2 Å². The van der Waals surface area contributed by atoms with Gasteiger partial charge in [-0.3, -0.25) is 0 Å². The predicted octanol–water partition coefficient (Wildman–Crippen LogP) is 3.95. The van der Waals surface area contributed by atoms with E-state index in [0.29, 0.717) is 5.56 Å². The number of anilines is 3. The third kappa shape index (κ3) is 3.35. The molecule has 0 aliphatic rings. The minimum atomic E-state index is -4.58. The van der Waals surface area contributed by atoms with E-state index in [1.54, 1.807) is 0 Å². The lowest BCUT2D eigenvalue weighted by Gasteiger charge is -2.13. The van der Waals surface area contributed by atoms with Crippen molar-refractivity contribution in [1.29, 1.82) is 5.26 Å². The minimum Gasteiger partial charge on any atom is -0.396 e. The monoisotopic (exact) mass is 312 g/mol. The summed E-state index contributed by atoms with van der Waals surface area (Å²) in [6.45, 7) is 0. The van der Waals surface area contributed by atoms with E-state index in [1.807, 2.05) is 6.07 Å². The Labute approximate surface area is 123 Å². The zero-order valence-corrected chi connectivity index (χ0v) is 11.1. The van der Waals surface area contributed by atoms with Crippen LogP contribution >= 0.6 is 11.6 Å². The fraction of sp³-hybridized carbons (Fsp3) is 0.0769. The first-order valence-corrected chi connectivity index (χ1v) is 5.98. The zero-order chi connectivity index (χ0) is 15.6. The Morgan fingerprint density at radius 1 is 1.24 bits per heavy atom. The minimum absolute atomic E-state index is 0.00862. The molecule has 0 unspecified atom stereocenters. The Bertz CT molecular complexity index is 722. The Morgan fingerprint density at radius 3 is 2.57 bits per heavy atom. The third-order valence-electron chi connectivity index (χ3n) is 2.59. The fourth-order valence-electron chi connectivity index (χ4n) is 1.56. The summed E-state index contributed by atoms with van der Waals surface area (Å²) in [4.78, 5) is 3.23. The van der Waals surface area contributed by atoms with Crippen molar-refractivity contribution in [3.05, 3.63) is 46.7 Å². The second-order valence-corrected chi connectivity index (χ2v) is 4.49. The van der Waals surface area contributed by atoms with Gasteiger partial charge in [-0.15, -0.1) is 0 Å². The maximum Gasteiger partial charge on any atom is 0.433 e. The molecule has 1 aromatic carbocycles. The van der Waals surface area contributed by atoms with Gasteiger partial charge in [0.25, 0.3) is 0 Å². The quantitative estimate of drug-likeness (QED) is 0.880. The van der Waals surface area contributed by atoms with Gasteiger partial charge < -0.3 is 11.1 Å². The largest absolute Gasteiger partial charge is 0.433 e. The molecule has 1 aromatic heterocycles. The molecule has 2 aromatic rings.